The average molecular weight is 486 g/mol. The van der Waals surface area contributed by atoms with Crippen LogP contribution in [-0.2, 0) is 0 Å². The molecule has 1 aromatic heterocycles. The van der Waals surface area contributed by atoms with Crippen molar-refractivity contribution in [1.29, 1.82) is 0 Å². The highest BCUT2D eigenvalue weighted by atomic mass is 32.1. The summed E-state index contributed by atoms with van der Waals surface area (Å²) in [7, 11) is 0. The van der Waals surface area contributed by atoms with Gasteiger partial charge in [-0.2, -0.15) is 10.2 Å². The van der Waals surface area contributed by atoms with E-state index in [1.807, 2.05) is 57.2 Å². The van der Waals surface area contributed by atoms with E-state index in [-0.39, 0.29) is 17.2 Å². The molecule has 0 saturated carbocycles. The van der Waals surface area contributed by atoms with E-state index in [0.717, 1.165) is 27.7 Å². The molecule has 0 aliphatic carbocycles. The van der Waals surface area contributed by atoms with Crippen LogP contribution in [0.1, 0.15) is 23.7 Å². The molecule has 0 atom stereocenters. The highest BCUT2D eigenvalue weighted by Crippen LogP contribution is 2.33. The van der Waals surface area contributed by atoms with E-state index in [0.29, 0.717) is 10.8 Å². The molecule has 0 aliphatic heterocycles. The van der Waals surface area contributed by atoms with Gasteiger partial charge in [-0.3, -0.25) is 5.43 Å². The quantitative estimate of drug-likeness (QED) is 0.140. The van der Waals surface area contributed by atoms with Crippen LogP contribution in [0.15, 0.2) is 92.3 Å². The third-order valence-corrected chi connectivity index (χ3v) is 5.85. The van der Waals surface area contributed by atoms with Crippen molar-refractivity contribution in [1.82, 2.24) is 4.98 Å². The fourth-order valence-electron chi connectivity index (χ4n) is 2.92. The van der Waals surface area contributed by atoms with Crippen LogP contribution in [0.3, 0.4) is 0 Å². The number of rotatable bonds is 7. The largest absolute Gasteiger partial charge is 0.508 e. The number of phenols is 2. The topological polar surface area (TPSA) is 127 Å². The Bertz CT molecular complexity index is 1410. The highest BCUT2D eigenvalue weighted by Gasteiger charge is 2.07. The van der Waals surface area contributed by atoms with E-state index in [1.165, 1.54) is 35.1 Å². The van der Waals surface area contributed by atoms with Gasteiger partial charge in [-0.05, 0) is 62.7 Å². The van der Waals surface area contributed by atoms with Crippen molar-refractivity contribution in [3.63, 3.8) is 0 Å². The van der Waals surface area contributed by atoms with Crippen molar-refractivity contribution >= 4 is 44.2 Å². The number of phenolic OH excluding ortho intramolecular Hbond substituents is 2. The summed E-state index contributed by atoms with van der Waals surface area (Å²) in [5, 5.41) is 41.6. The molecule has 3 aromatic carbocycles. The second-order valence-electron chi connectivity index (χ2n) is 7.67. The minimum absolute atomic E-state index is 0.0371. The standard InChI is InChI=1S/C25H23N7O2S/c1-15-4-8-19(9-5-15)29-31-24-17(3)26-25(35-24)32-27-16(2)18-6-10-20(11-7-18)28-30-22-13-12-21(33)14-23(22)34/h4-14,33-34H,1-3H3,(H,26,32). The second kappa shape index (κ2) is 10.7. The van der Waals surface area contributed by atoms with Crippen molar-refractivity contribution in [2.45, 2.75) is 20.8 Å². The number of anilines is 1. The summed E-state index contributed by atoms with van der Waals surface area (Å²) in [5.41, 5.74) is 8.26. The number of benzene rings is 3. The van der Waals surface area contributed by atoms with Crippen LogP contribution in [-0.4, -0.2) is 20.9 Å². The third-order valence-electron chi connectivity index (χ3n) is 4.90. The molecule has 4 aromatic rings. The van der Waals surface area contributed by atoms with E-state index in [4.69, 9.17) is 0 Å². The summed E-state index contributed by atoms with van der Waals surface area (Å²) in [6, 6.07) is 19.3. The van der Waals surface area contributed by atoms with Gasteiger partial charge < -0.3 is 10.2 Å². The van der Waals surface area contributed by atoms with Gasteiger partial charge in [-0.15, -0.1) is 15.3 Å². The maximum absolute atomic E-state index is 9.80. The lowest BCUT2D eigenvalue weighted by Crippen LogP contribution is -1.99. The van der Waals surface area contributed by atoms with Gasteiger partial charge in [0.2, 0.25) is 5.13 Å². The van der Waals surface area contributed by atoms with Crippen LogP contribution >= 0.6 is 11.3 Å². The van der Waals surface area contributed by atoms with Crippen molar-refractivity contribution < 1.29 is 10.2 Å². The van der Waals surface area contributed by atoms with Crippen LogP contribution < -0.4 is 5.43 Å². The molecule has 0 radical (unpaired) electrons. The normalized spacial score (nSPS) is 12.0. The number of aryl methyl sites for hydroxylation is 2. The van der Waals surface area contributed by atoms with E-state index < -0.39 is 0 Å². The lowest BCUT2D eigenvalue weighted by Gasteiger charge is -2.02. The van der Waals surface area contributed by atoms with E-state index in [1.54, 1.807) is 12.1 Å². The number of hydrazone groups is 1. The second-order valence-corrected chi connectivity index (χ2v) is 8.65. The van der Waals surface area contributed by atoms with Crippen molar-refractivity contribution in [3.05, 3.63) is 83.6 Å². The molecule has 10 heteroatoms. The van der Waals surface area contributed by atoms with Gasteiger partial charge in [0.25, 0.3) is 0 Å². The number of aromatic nitrogens is 1. The van der Waals surface area contributed by atoms with Crippen molar-refractivity contribution in [2.75, 3.05) is 5.43 Å². The monoisotopic (exact) mass is 485 g/mol. The molecule has 0 bridgehead atoms. The van der Waals surface area contributed by atoms with Crippen LogP contribution in [0.25, 0.3) is 0 Å². The molecule has 176 valence electrons. The van der Waals surface area contributed by atoms with Crippen LogP contribution in [0.4, 0.5) is 27.2 Å². The van der Waals surface area contributed by atoms with Crippen LogP contribution in [0, 0.1) is 13.8 Å². The van der Waals surface area contributed by atoms with Gasteiger partial charge in [0.15, 0.2) is 5.00 Å². The summed E-state index contributed by atoms with van der Waals surface area (Å²) < 4.78 is 0. The molecule has 0 saturated heterocycles. The molecule has 0 amide bonds. The summed E-state index contributed by atoms with van der Waals surface area (Å²) in [6.45, 7) is 5.80. The molecule has 0 spiro atoms. The first-order chi connectivity index (χ1) is 16.9. The molecule has 0 unspecified atom stereocenters. The van der Waals surface area contributed by atoms with Crippen molar-refractivity contribution in [3.8, 4) is 11.5 Å². The highest BCUT2D eigenvalue weighted by molar-refractivity contribution is 7.19. The third kappa shape index (κ3) is 6.33. The van der Waals surface area contributed by atoms with Gasteiger partial charge in [-0.25, -0.2) is 4.98 Å². The summed E-state index contributed by atoms with van der Waals surface area (Å²) >= 11 is 1.37. The van der Waals surface area contributed by atoms with E-state index in [2.05, 4.69) is 36.0 Å². The summed E-state index contributed by atoms with van der Waals surface area (Å²) in [5.74, 6) is -0.179. The fraction of sp³-hybridized carbons (Fsp3) is 0.120. The zero-order valence-corrected chi connectivity index (χ0v) is 20.2. The van der Waals surface area contributed by atoms with Crippen LogP contribution in [0.2, 0.25) is 0 Å². The SMILES string of the molecule is CC(=NNc1nc(C)c(N=Nc2ccc(C)cc2)s1)c1ccc(N=Nc2ccc(O)cc2O)cc1. The van der Waals surface area contributed by atoms with Crippen molar-refractivity contribution in [2.24, 2.45) is 25.6 Å². The predicted octanol–water partition coefficient (Wildman–Crippen LogP) is 7.84. The lowest BCUT2D eigenvalue weighted by molar-refractivity contribution is 0.451. The Morgan fingerprint density at radius 2 is 1.49 bits per heavy atom. The zero-order valence-electron chi connectivity index (χ0n) is 19.3. The minimum atomic E-state index is -0.142. The maximum Gasteiger partial charge on any atom is 0.205 e. The smallest absolute Gasteiger partial charge is 0.205 e. The van der Waals surface area contributed by atoms with Crippen LogP contribution in [0.5, 0.6) is 11.5 Å². The lowest BCUT2D eigenvalue weighted by atomic mass is 10.1. The number of hydrogen-bond donors (Lipinski definition) is 3. The first kappa shape index (κ1) is 23.7. The summed E-state index contributed by atoms with van der Waals surface area (Å²) in [4.78, 5) is 4.47. The predicted molar refractivity (Wildman–Crippen MR) is 138 cm³/mol. The van der Waals surface area contributed by atoms with E-state index >= 15 is 0 Å². The molecular formula is C25H23N7O2S. The zero-order chi connectivity index (χ0) is 24.8. The number of nitrogens with zero attached hydrogens (tertiary/aromatic N) is 6. The molecule has 35 heavy (non-hydrogen) atoms. The molecular weight excluding hydrogens is 462 g/mol. The van der Waals surface area contributed by atoms with Gasteiger partial charge >= 0.3 is 0 Å². The fourth-order valence-corrected chi connectivity index (χ4v) is 3.65. The molecule has 3 N–H and O–H groups in total. The Hall–Kier alpha value is -4.44. The van der Waals surface area contributed by atoms with Gasteiger partial charge in [0.1, 0.15) is 17.2 Å². The van der Waals surface area contributed by atoms with Gasteiger partial charge in [-0.1, -0.05) is 41.2 Å². The average Bonchev–Trinajstić information content (AvgIpc) is 3.21. The first-order valence-corrected chi connectivity index (χ1v) is 11.5. The summed E-state index contributed by atoms with van der Waals surface area (Å²) in [6.07, 6.45) is 0. The van der Waals surface area contributed by atoms with Gasteiger partial charge in [0, 0.05) is 6.07 Å². The molecule has 1 heterocycles. The Morgan fingerprint density at radius 1 is 0.829 bits per heavy atom. The Morgan fingerprint density at radius 3 is 2.17 bits per heavy atom. The number of thiazole rings is 1. The Balaban J connectivity index is 1.39. The maximum atomic E-state index is 9.80. The first-order valence-electron chi connectivity index (χ1n) is 10.7. The van der Waals surface area contributed by atoms with E-state index in [9.17, 15) is 10.2 Å². The minimum Gasteiger partial charge on any atom is -0.508 e. The number of aromatic hydroxyl groups is 2. The number of azo groups is 2. The Labute approximate surface area is 206 Å². The van der Waals surface area contributed by atoms with Gasteiger partial charge in [0.05, 0.1) is 22.8 Å². The molecule has 9 nitrogen and oxygen atoms in total. The molecule has 4 rings (SSSR count). The Kier molecular flexibility index (Phi) is 7.22. The molecule has 0 fully saturated rings. The number of nitrogens with one attached hydrogen (secondary N) is 1. The number of hydrogen-bond acceptors (Lipinski definition) is 10. The molecule has 0 aliphatic rings.